The van der Waals surface area contributed by atoms with Crippen molar-refractivity contribution < 1.29 is 33.3 Å². The molecule has 1 aromatic heterocycles. The van der Waals surface area contributed by atoms with E-state index in [2.05, 4.69) is 10.3 Å². The molecule has 3 atom stereocenters. The van der Waals surface area contributed by atoms with Crippen molar-refractivity contribution in [3.63, 3.8) is 0 Å². The molecule has 3 heterocycles. The van der Waals surface area contributed by atoms with E-state index in [9.17, 15) is 19.2 Å². The summed E-state index contributed by atoms with van der Waals surface area (Å²) in [4.78, 5) is 57.5. The molecule has 6 rings (SSSR count). The second kappa shape index (κ2) is 9.12. The number of amides is 1. The van der Waals surface area contributed by atoms with E-state index in [0.29, 0.717) is 22.3 Å². The predicted molar refractivity (Wildman–Crippen MR) is 145 cm³/mol. The monoisotopic (exact) mass is 564 g/mol. The Morgan fingerprint density at radius 1 is 0.950 bits per heavy atom. The molecular formula is C29H25ClN2O8. The van der Waals surface area contributed by atoms with Crippen LogP contribution in [0.2, 0.25) is 5.02 Å². The molecule has 1 aliphatic carbocycles. The van der Waals surface area contributed by atoms with E-state index in [1.165, 1.54) is 27.4 Å². The Balaban J connectivity index is 1.51. The summed E-state index contributed by atoms with van der Waals surface area (Å²) >= 11 is 6.53. The number of ether oxygens (including phenoxy) is 4. The second-order valence-electron chi connectivity index (χ2n) is 10.1. The highest BCUT2D eigenvalue weighted by molar-refractivity contribution is 6.36. The summed E-state index contributed by atoms with van der Waals surface area (Å²) in [6.07, 6.45) is 0.00160. The number of aromatic nitrogens is 1. The molecule has 0 fully saturated rings. The lowest BCUT2D eigenvalue weighted by molar-refractivity contribution is -0.131. The third-order valence-electron chi connectivity index (χ3n) is 8.02. The number of pyridine rings is 1. The van der Waals surface area contributed by atoms with Crippen molar-refractivity contribution in [1.29, 1.82) is 0 Å². The van der Waals surface area contributed by atoms with Gasteiger partial charge in [0.1, 0.15) is 27.8 Å². The van der Waals surface area contributed by atoms with Gasteiger partial charge >= 0.3 is 0 Å². The van der Waals surface area contributed by atoms with Crippen molar-refractivity contribution in [2.45, 2.75) is 31.3 Å². The SMILES string of the molecule is COc1ccc2cc(C3CC(=O)NC4=C3C(=O)[C@@]3(Oc5c(Cl)c(OC)cc(OC)c5C3=O)[C@H](C)C4)c(=O)[nH]c2c1. The number of H-pyrrole nitrogens is 1. The van der Waals surface area contributed by atoms with Crippen LogP contribution in [0.3, 0.4) is 0 Å². The average molecular weight is 565 g/mol. The summed E-state index contributed by atoms with van der Waals surface area (Å²) in [5, 5.41) is 3.53. The van der Waals surface area contributed by atoms with Gasteiger partial charge in [-0.2, -0.15) is 0 Å². The molecule has 0 bridgehead atoms. The molecule has 0 saturated heterocycles. The number of fused-ring (bicyclic) bond motifs is 2. The maximum atomic E-state index is 14.5. The van der Waals surface area contributed by atoms with E-state index in [0.717, 1.165) is 0 Å². The Morgan fingerprint density at radius 2 is 1.70 bits per heavy atom. The predicted octanol–water partition coefficient (Wildman–Crippen LogP) is 3.69. The molecule has 2 aliphatic heterocycles. The molecule has 0 saturated carbocycles. The van der Waals surface area contributed by atoms with Crippen LogP contribution in [0.4, 0.5) is 0 Å². The van der Waals surface area contributed by atoms with E-state index in [1.54, 1.807) is 31.2 Å². The number of Topliss-reactive ketones (excluding diaryl/α,β-unsaturated/α-hetero) is 2. The number of carbonyl (C=O) groups excluding carboxylic acids is 3. The fraction of sp³-hybridized carbons (Fsp3) is 0.310. The highest BCUT2D eigenvalue weighted by Crippen LogP contribution is 2.55. The fourth-order valence-corrected chi connectivity index (χ4v) is 6.30. The molecule has 11 heteroatoms. The van der Waals surface area contributed by atoms with Crippen molar-refractivity contribution in [2.75, 3.05) is 21.3 Å². The molecule has 40 heavy (non-hydrogen) atoms. The minimum atomic E-state index is -1.96. The van der Waals surface area contributed by atoms with Gasteiger partial charge in [0.2, 0.25) is 23.1 Å². The van der Waals surface area contributed by atoms with Crippen LogP contribution in [0.5, 0.6) is 23.0 Å². The number of benzene rings is 2. The maximum absolute atomic E-state index is 14.5. The zero-order chi connectivity index (χ0) is 28.5. The van der Waals surface area contributed by atoms with E-state index in [4.69, 9.17) is 30.5 Å². The first-order valence-electron chi connectivity index (χ1n) is 12.6. The summed E-state index contributed by atoms with van der Waals surface area (Å²) in [6, 6.07) is 8.35. The van der Waals surface area contributed by atoms with Gasteiger partial charge in [-0.25, -0.2) is 0 Å². The van der Waals surface area contributed by atoms with Gasteiger partial charge < -0.3 is 29.2 Å². The van der Waals surface area contributed by atoms with E-state index < -0.39 is 34.6 Å². The zero-order valence-electron chi connectivity index (χ0n) is 22.1. The molecule has 206 valence electrons. The van der Waals surface area contributed by atoms with Crippen molar-refractivity contribution in [1.82, 2.24) is 10.3 Å². The van der Waals surface area contributed by atoms with Crippen LogP contribution in [-0.2, 0) is 9.59 Å². The first-order valence-corrected chi connectivity index (χ1v) is 13.0. The van der Waals surface area contributed by atoms with Gasteiger partial charge in [0.25, 0.3) is 5.56 Å². The lowest BCUT2D eigenvalue weighted by Crippen LogP contribution is -2.59. The molecule has 2 aromatic carbocycles. The summed E-state index contributed by atoms with van der Waals surface area (Å²) in [6.45, 7) is 1.70. The van der Waals surface area contributed by atoms with Gasteiger partial charge in [0, 0.05) is 47.2 Å². The lowest BCUT2D eigenvalue weighted by atomic mass is 9.66. The Bertz CT molecular complexity index is 1740. The highest BCUT2D eigenvalue weighted by atomic mass is 35.5. The number of aromatic amines is 1. The smallest absolute Gasteiger partial charge is 0.252 e. The summed E-state index contributed by atoms with van der Waals surface area (Å²) in [7, 11) is 4.33. The number of hydrogen-bond donors (Lipinski definition) is 2. The second-order valence-corrected chi connectivity index (χ2v) is 10.5. The lowest BCUT2D eigenvalue weighted by Gasteiger charge is -2.41. The normalized spacial score (nSPS) is 23.6. The van der Waals surface area contributed by atoms with E-state index in [1.807, 2.05) is 0 Å². The highest BCUT2D eigenvalue weighted by Gasteiger charge is 2.63. The molecule has 0 radical (unpaired) electrons. The third-order valence-corrected chi connectivity index (χ3v) is 8.37. The van der Waals surface area contributed by atoms with Crippen LogP contribution in [0.15, 0.2) is 46.4 Å². The Hall–Kier alpha value is -4.31. The molecule has 1 spiro atoms. The van der Waals surface area contributed by atoms with Crippen LogP contribution >= 0.6 is 11.6 Å². The van der Waals surface area contributed by atoms with Crippen LogP contribution in [0.1, 0.15) is 41.6 Å². The number of rotatable bonds is 4. The van der Waals surface area contributed by atoms with Crippen molar-refractivity contribution >= 4 is 40.0 Å². The van der Waals surface area contributed by atoms with Crippen molar-refractivity contribution in [2.24, 2.45) is 5.92 Å². The molecular weight excluding hydrogens is 540 g/mol. The van der Waals surface area contributed by atoms with Crippen LogP contribution < -0.4 is 29.8 Å². The topological polar surface area (TPSA) is 133 Å². The third kappa shape index (κ3) is 3.48. The van der Waals surface area contributed by atoms with Gasteiger partial charge in [-0.15, -0.1) is 0 Å². The number of hydrogen-bond acceptors (Lipinski definition) is 8. The van der Waals surface area contributed by atoms with Gasteiger partial charge in [0.05, 0.1) is 26.8 Å². The Labute approximate surface area is 233 Å². The summed E-state index contributed by atoms with van der Waals surface area (Å²) in [5.74, 6) is -2.17. The van der Waals surface area contributed by atoms with E-state index >= 15 is 0 Å². The van der Waals surface area contributed by atoms with Crippen LogP contribution in [0, 0.1) is 5.92 Å². The average Bonchev–Trinajstić information content (AvgIpc) is 3.25. The summed E-state index contributed by atoms with van der Waals surface area (Å²) < 4.78 is 22.2. The van der Waals surface area contributed by atoms with Crippen LogP contribution in [-0.4, -0.2) is 49.4 Å². The minimum Gasteiger partial charge on any atom is -0.497 e. The van der Waals surface area contributed by atoms with Gasteiger partial charge in [-0.1, -0.05) is 18.5 Å². The van der Waals surface area contributed by atoms with Gasteiger partial charge in [0.15, 0.2) is 5.75 Å². The standard InChI is InChI=1S/C29H25ClN2O8/c1-12-7-18-22(26(34)29(12)27(35)23-19(38-3)11-20(39-4)24(30)25(23)40-29)15(10-21(33)31-18)16-8-13-5-6-14(37-2)9-17(13)32-28(16)36/h5-6,8-9,11-12,15H,7,10H2,1-4H3,(H,31,33)(H,32,36)/t12-,15?,29+/m1/s1. The van der Waals surface area contributed by atoms with Crippen LogP contribution in [0.25, 0.3) is 10.9 Å². The van der Waals surface area contributed by atoms with Crippen molar-refractivity contribution in [3.05, 3.63) is 68.1 Å². The molecule has 1 unspecified atom stereocenters. The van der Waals surface area contributed by atoms with Gasteiger partial charge in [-0.05, 0) is 30.0 Å². The molecule has 1 amide bonds. The number of allylic oxidation sites excluding steroid dienone is 1. The first kappa shape index (κ1) is 25.9. The largest absolute Gasteiger partial charge is 0.497 e. The minimum absolute atomic E-state index is 0.000936. The molecule has 10 nitrogen and oxygen atoms in total. The number of carbonyl (C=O) groups is 3. The van der Waals surface area contributed by atoms with Crippen molar-refractivity contribution in [3.8, 4) is 23.0 Å². The van der Waals surface area contributed by atoms with E-state index in [-0.39, 0.29) is 57.7 Å². The number of ketones is 2. The first-order chi connectivity index (χ1) is 19.1. The molecule has 2 N–H and O–H groups in total. The fourth-order valence-electron chi connectivity index (χ4n) is 6.04. The zero-order valence-corrected chi connectivity index (χ0v) is 22.9. The number of halogens is 1. The molecule has 3 aliphatic rings. The maximum Gasteiger partial charge on any atom is 0.252 e. The quantitative estimate of drug-likeness (QED) is 0.458. The number of nitrogens with one attached hydrogen (secondary N) is 2. The Kier molecular flexibility index (Phi) is 5.92. The summed E-state index contributed by atoms with van der Waals surface area (Å²) in [5.41, 5.74) is -1.04. The molecule has 3 aromatic rings. The van der Waals surface area contributed by atoms with Gasteiger partial charge in [-0.3, -0.25) is 19.2 Å². The number of methoxy groups -OCH3 is 3. The Morgan fingerprint density at radius 3 is 2.40 bits per heavy atom.